The van der Waals surface area contributed by atoms with E-state index in [2.05, 4.69) is 23.6 Å². The number of anilines is 1. The first-order valence-corrected chi connectivity index (χ1v) is 8.23. The molecule has 2 rings (SSSR count). The van der Waals surface area contributed by atoms with E-state index in [1.807, 2.05) is 0 Å². The van der Waals surface area contributed by atoms with Gasteiger partial charge in [0.25, 0.3) is 5.91 Å². The molecule has 0 radical (unpaired) electrons. The maximum atomic E-state index is 12.9. The maximum Gasteiger partial charge on any atom is 0.256 e. The molecule has 1 aliphatic rings. The second-order valence-corrected chi connectivity index (χ2v) is 6.69. The van der Waals surface area contributed by atoms with Crippen molar-refractivity contribution in [2.75, 3.05) is 18.2 Å². The number of amides is 1. The van der Waals surface area contributed by atoms with Crippen molar-refractivity contribution >= 4 is 41.9 Å². The third kappa shape index (κ3) is 4.19. The summed E-state index contributed by atoms with van der Waals surface area (Å²) in [6, 6.07) is 7.10. The molecule has 1 unspecified atom stereocenters. The minimum Gasteiger partial charge on any atom is -0.337 e. The van der Waals surface area contributed by atoms with Crippen LogP contribution >= 0.6 is 11.8 Å². The summed E-state index contributed by atoms with van der Waals surface area (Å²) in [4.78, 5) is 25.9. The largest absolute Gasteiger partial charge is 0.337 e. The second-order valence-electron chi connectivity index (χ2n) is 5.21. The molecule has 1 heterocycles. The Kier molecular flexibility index (Phi) is 5.92. The molecule has 1 aromatic rings. The Hall–Kier alpha value is -2.15. The van der Waals surface area contributed by atoms with Gasteiger partial charge in [-0.3, -0.25) is 9.59 Å². The van der Waals surface area contributed by atoms with Crippen LogP contribution in [0, 0.1) is 0 Å². The Morgan fingerprint density at radius 3 is 2.65 bits per heavy atom. The monoisotopic (exact) mass is 332 g/mol. The van der Waals surface area contributed by atoms with Crippen LogP contribution in [-0.2, 0) is 4.79 Å². The highest BCUT2D eigenvalue weighted by molar-refractivity contribution is 8.14. The van der Waals surface area contributed by atoms with E-state index < -0.39 is 0 Å². The fraction of sp³-hybridized carbons (Fsp3) is 0.375. The Morgan fingerprint density at radius 2 is 2.00 bits per heavy atom. The van der Waals surface area contributed by atoms with Crippen LogP contribution in [0.25, 0.3) is 0 Å². The minimum absolute atomic E-state index is 0.0857. The summed E-state index contributed by atoms with van der Waals surface area (Å²) in [5.74, 6) is -0.0910. The van der Waals surface area contributed by atoms with E-state index in [1.54, 1.807) is 36.1 Å². The topological polar surface area (TPSA) is 65.3 Å². The number of hydrogen-bond donors (Lipinski definition) is 0. The average molecular weight is 332 g/mol. The number of para-hydroxylation sites is 1. The van der Waals surface area contributed by atoms with Gasteiger partial charge in [-0.2, -0.15) is 15.3 Å². The highest BCUT2D eigenvalue weighted by Crippen LogP contribution is 2.27. The number of nitrogens with zero attached hydrogens (tertiary/aromatic N) is 4. The van der Waals surface area contributed by atoms with Crippen LogP contribution in [0.2, 0.25) is 0 Å². The van der Waals surface area contributed by atoms with Crippen molar-refractivity contribution < 1.29 is 9.59 Å². The number of benzene rings is 1. The number of hydrazone groups is 2. The summed E-state index contributed by atoms with van der Waals surface area (Å²) in [7, 11) is 0. The summed E-state index contributed by atoms with van der Waals surface area (Å²) in [5, 5.41) is 8.98. The van der Waals surface area contributed by atoms with E-state index in [9.17, 15) is 9.59 Å². The van der Waals surface area contributed by atoms with Crippen molar-refractivity contribution in [3.63, 3.8) is 0 Å². The normalized spacial score (nSPS) is 17.4. The van der Waals surface area contributed by atoms with Crippen LogP contribution in [-0.4, -0.2) is 47.7 Å². The lowest BCUT2D eigenvalue weighted by Crippen LogP contribution is -2.41. The van der Waals surface area contributed by atoms with E-state index in [0.29, 0.717) is 24.3 Å². The Labute approximate surface area is 140 Å². The van der Waals surface area contributed by atoms with Gasteiger partial charge in [0.1, 0.15) is 0 Å². The van der Waals surface area contributed by atoms with Crippen LogP contribution in [0.15, 0.2) is 34.5 Å². The lowest BCUT2D eigenvalue weighted by molar-refractivity contribution is -0.109. The standard InChI is InChI=1S/C16H20N4O2S/c1-12(21)23-13-7-6-10-19(11-13)16(22)14-8-4-5-9-15(14)20(17-2)18-3/h4-5,8-9,13H,2-3,6-7,10-11H2,1H3. The molecule has 1 aromatic carbocycles. The Balaban J connectivity index is 2.21. The number of hydrogen-bond acceptors (Lipinski definition) is 6. The number of thioether (sulfide) groups is 1. The predicted molar refractivity (Wildman–Crippen MR) is 95.2 cm³/mol. The van der Waals surface area contributed by atoms with E-state index in [-0.39, 0.29) is 16.3 Å². The molecule has 0 saturated carbocycles. The van der Waals surface area contributed by atoms with Gasteiger partial charge >= 0.3 is 0 Å². The number of likely N-dealkylation sites (tertiary alicyclic amines) is 1. The van der Waals surface area contributed by atoms with E-state index in [4.69, 9.17) is 0 Å². The summed E-state index contributed by atoms with van der Waals surface area (Å²) >= 11 is 1.31. The fourth-order valence-electron chi connectivity index (χ4n) is 2.65. The summed E-state index contributed by atoms with van der Waals surface area (Å²) < 4.78 is 0. The van der Waals surface area contributed by atoms with Crippen molar-refractivity contribution in [1.82, 2.24) is 4.90 Å². The van der Waals surface area contributed by atoms with Crippen LogP contribution in [0.1, 0.15) is 30.1 Å². The molecule has 1 saturated heterocycles. The first-order valence-electron chi connectivity index (χ1n) is 7.35. The summed E-state index contributed by atoms with van der Waals surface area (Å²) in [6.07, 6.45) is 1.84. The number of rotatable bonds is 5. The second kappa shape index (κ2) is 7.92. The predicted octanol–water partition coefficient (Wildman–Crippen LogP) is 2.61. The van der Waals surface area contributed by atoms with Crippen LogP contribution < -0.4 is 5.12 Å². The summed E-state index contributed by atoms with van der Waals surface area (Å²) in [6.45, 7) is 9.70. The van der Waals surface area contributed by atoms with Gasteiger partial charge in [0.05, 0.1) is 11.3 Å². The first-order chi connectivity index (χ1) is 11.1. The molecule has 6 nitrogen and oxygen atoms in total. The van der Waals surface area contributed by atoms with Gasteiger partial charge in [-0.1, -0.05) is 23.9 Å². The third-order valence-corrected chi connectivity index (χ3v) is 4.67. The molecule has 1 amide bonds. The lowest BCUT2D eigenvalue weighted by Gasteiger charge is -2.32. The van der Waals surface area contributed by atoms with Gasteiger partial charge in [0.2, 0.25) is 0 Å². The number of carbonyl (C=O) groups is 2. The zero-order valence-electron chi connectivity index (χ0n) is 13.1. The Morgan fingerprint density at radius 1 is 1.30 bits per heavy atom. The van der Waals surface area contributed by atoms with Gasteiger partial charge in [-0.15, -0.1) is 0 Å². The van der Waals surface area contributed by atoms with Crippen LogP contribution in [0.5, 0.6) is 0 Å². The first kappa shape index (κ1) is 17.2. The fourth-order valence-corrected chi connectivity index (χ4v) is 3.66. The molecule has 0 bridgehead atoms. The SMILES string of the molecule is C=NN(N=C)c1ccccc1C(=O)N1CCCC(SC(C)=O)C1. The van der Waals surface area contributed by atoms with Crippen molar-refractivity contribution in [3.05, 3.63) is 29.8 Å². The van der Waals surface area contributed by atoms with Gasteiger partial charge in [0.15, 0.2) is 5.12 Å². The molecule has 0 aliphatic carbocycles. The molecule has 7 heteroatoms. The maximum absolute atomic E-state index is 12.9. The minimum atomic E-state index is -0.0910. The van der Waals surface area contributed by atoms with Crippen LogP contribution in [0.3, 0.4) is 0 Å². The average Bonchev–Trinajstić information content (AvgIpc) is 2.55. The molecule has 1 aliphatic heterocycles. The van der Waals surface area contributed by atoms with E-state index in [1.165, 1.54) is 16.9 Å². The lowest BCUT2D eigenvalue weighted by atomic mass is 10.1. The zero-order chi connectivity index (χ0) is 16.8. The molecule has 1 fully saturated rings. The van der Waals surface area contributed by atoms with Crippen molar-refractivity contribution in [3.8, 4) is 0 Å². The molecule has 0 aromatic heterocycles. The molecule has 122 valence electrons. The smallest absolute Gasteiger partial charge is 0.256 e. The molecule has 0 spiro atoms. The Bertz CT molecular complexity index is 612. The van der Waals surface area contributed by atoms with Gasteiger partial charge in [-0.25, -0.2) is 0 Å². The summed E-state index contributed by atoms with van der Waals surface area (Å²) in [5.41, 5.74) is 1.05. The highest BCUT2D eigenvalue weighted by Gasteiger charge is 2.27. The van der Waals surface area contributed by atoms with Crippen molar-refractivity contribution in [1.29, 1.82) is 0 Å². The van der Waals surface area contributed by atoms with Crippen molar-refractivity contribution in [2.24, 2.45) is 10.2 Å². The molecular formula is C16H20N4O2S. The van der Waals surface area contributed by atoms with E-state index in [0.717, 1.165) is 12.8 Å². The van der Waals surface area contributed by atoms with E-state index >= 15 is 0 Å². The number of carbonyl (C=O) groups excluding carboxylic acids is 2. The molecule has 0 N–H and O–H groups in total. The molecular weight excluding hydrogens is 312 g/mol. The van der Waals surface area contributed by atoms with Gasteiger partial charge in [0, 0.05) is 38.7 Å². The third-order valence-electron chi connectivity index (χ3n) is 3.62. The zero-order valence-corrected chi connectivity index (χ0v) is 14.0. The highest BCUT2D eigenvalue weighted by atomic mass is 32.2. The van der Waals surface area contributed by atoms with Gasteiger partial charge in [-0.05, 0) is 25.0 Å². The van der Waals surface area contributed by atoms with Crippen LogP contribution in [0.4, 0.5) is 5.69 Å². The molecule has 23 heavy (non-hydrogen) atoms. The number of piperidine rings is 1. The quantitative estimate of drug-likeness (QED) is 0.614. The van der Waals surface area contributed by atoms with Gasteiger partial charge < -0.3 is 4.90 Å². The molecule has 1 atom stereocenters. The van der Waals surface area contributed by atoms with Crippen molar-refractivity contribution in [2.45, 2.75) is 25.0 Å².